The molecular formula is C11H9F3N2O3S. The first-order valence-electron chi connectivity index (χ1n) is 5.23. The fraction of sp³-hybridized carbons (Fsp3) is 0.273. The molecule has 0 aliphatic rings. The van der Waals surface area contributed by atoms with Crippen LogP contribution in [0.1, 0.15) is 5.56 Å². The van der Waals surface area contributed by atoms with Crippen LogP contribution in [0.2, 0.25) is 0 Å². The molecule has 0 fully saturated rings. The van der Waals surface area contributed by atoms with Gasteiger partial charge >= 0.3 is 6.18 Å². The molecule has 9 heteroatoms. The average Bonchev–Trinajstić information content (AvgIpc) is 2.35. The Morgan fingerprint density at radius 1 is 1.30 bits per heavy atom. The summed E-state index contributed by atoms with van der Waals surface area (Å²) >= 11 is 0.497. The quantitative estimate of drug-likeness (QED) is 0.392. The average molecular weight is 306 g/mol. The lowest BCUT2D eigenvalue weighted by Gasteiger charge is -2.06. The fourth-order valence-electron chi connectivity index (χ4n) is 1.21. The van der Waals surface area contributed by atoms with Crippen molar-refractivity contribution in [2.45, 2.75) is 12.6 Å². The molecule has 1 aromatic rings. The van der Waals surface area contributed by atoms with Crippen molar-refractivity contribution in [3.63, 3.8) is 0 Å². The van der Waals surface area contributed by atoms with Gasteiger partial charge in [0.25, 0.3) is 5.69 Å². The minimum atomic E-state index is -4.89. The van der Waals surface area contributed by atoms with Crippen LogP contribution in [0.15, 0.2) is 24.3 Å². The van der Waals surface area contributed by atoms with Crippen LogP contribution in [-0.4, -0.2) is 27.7 Å². The second-order valence-electron chi connectivity index (χ2n) is 3.73. The summed E-state index contributed by atoms with van der Waals surface area (Å²) < 4.78 is 35.8. The number of alkyl halides is 3. The van der Waals surface area contributed by atoms with Gasteiger partial charge in [0.2, 0.25) is 5.78 Å². The van der Waals surface area contributed by atoms with Crippen LogP contribution in [0.5, 0.6) is 0 Å². The SMILES string of the molecule is N=C(Cc1ccc([N+](=O)[O-])cc1)SCC(=O)C(F)(F)F. The molecule has 0 atom stereocenters. The second kappa shape index (κ2) is 6.51. The van der Waals surface area contributed by atoms with E-state index in [1.807, 2.05) is 0 Å². The van der Waals surface area contributed by atoms with Gasteiger partial charge in [-0.25, -0.2) is 0 Å². The first kappa shape index (κ1) is 16.2. The third-order valence-corrected chi connectivity index (χ3v) is 3.10. The molecule has 20 heavy (non-hydrogen) atoms. The summed E-state index contributed by atoms with van der Waals surface area (Å²) in [5.41, 5.74) is 0.438. The van der Waals surface area contributed by atoms with E-state index in [9.17, 15) is 28.1 Å². The van der Waals surface area contributed by atoms with E-state index in [1.165, 1.54) is 24.3 Å². The lowest BCUT2D eigenvalue weighted by atomic mass is 10.1. The summed E-state index contributed by atoms with van der Waals surface area (Å²) in [7, 11) is 0. The first-order chi connectivity index (χ1) is 9.20. The molecule has 108 valence electrons. The van der Waals surface area contributed by atoms with Gasteiger partial charge in [-0.1, -0.05) is 12.1 Å². The van der Waals surface area contributed by atoms with Gasteiger partial charge in [0, 0.05) is 18.6 Å². The summed E-state index contributed by atoms with van der Waals surface area (Å²) in [4.78, 5) is 20.5. The number of hydrogen-bond acceptors (Lipinski definition) is 5. The highest BCUT2D eigenvalue weighted by Crippen LogP contribution is 2.20. The third kappa shape index (κ3) is 5.00. The largest absolute Gasteiger partial charge is 0.450 e. The van der Waals surface area contributed by atoms with Crippen LogP contribution in [-0.2, 0) is 11.2 Å². The van der Waals surface area contributed by atoms with E-state index in [0.29, 0.717) is 17.3 Å². The Bertz CT molecular complexity index is 529. The van der Waals surface area contributed by atoms with Crippen molar-refractivity contribution in [1.82, 2.24) is 0 Å². The van der Waals surface area contributed by atoms with Crippen molar-refractivity contribution in [3.05, 3.63) is 39.9 Å². The van der Waals surface area contributed by atoms with Gasteiger partial charge in [-0.15, -0.1) is 11.8 Å². The van der Waals surface area contributed by atoms with E-state index in [0.717, 1.165) is 0 Å². The molecule has 1 rings (SSSR count). The number of ketones is 1. The number of nitrogens with zero attached hydrogens (tertiary/aromatic N) is 1. The van der Waals surface area contributed by atoms with E-state index in [4.69, 9.17) is 5.41 Å². The van der Waals surface area contributed by atoms with Crippen molar-refractivity contribution in [1.29, 1.82) is 5.41 Å². The molecule has 1 N–H and O–H groups in total. The molecule has 0 saturated heterocycles. The maximum Gasteiger partial charge on any atom is 0.450 e. The number of benzene rings is 1. The second-order valence-corrected chi connectivity index (χ2v) is 4.80. The van der Waals surface area contributed by atoms with Gasteiger partial charge in [-0.3, -0.25) is 20.3 Å². The molecule has 0 amide bonds. The van der Waals surface area contributed by atoms with Gasteiger partial charge in [0.05, 0.1) is 15.7 Å². The van der Waals surface area contributed by atoms with Crippen LogP contribution < -0.4 is 0 Å². The number of halogens is 3. The highest BCUT2D eigenvalue weighted by molar-refractivity contribution is 8.14. The number of rotatable bonds is 5. The van der Waals surface area contributed by atoms with Gasteiger partial charge in [-0.05, 0) is 5.56 Å². The normalized spacial score (nSPS) is 11.2. The zero-order chi connectivity index (χ0) is 15.3. The molecule has 0 unspecified atom stereocenters. The minimum absolute atomic E-state index is 0.0216. The van der Waals surface area contributed by atoms with Crippen molar-refractivity contribution in [3.8, 4) is 0 Å². The van der Waals surface area contributed by atoms with Gasteiger partial charge in [0.15, 0.2) is 0 Å². The van der Waals surface area contributed by atoms with Crippen molar-refractivity contribution >= 4 is 28.3 Å². The number of nitro benzene ring substituents is 1. The minimum Gasteiger partial charge on any atom is -0.298 e. The number of nitro groups is 1. The molecule has 0 saturated carbocycles. The van der Waals surface area contributed by atoms with Gasteiger partial charge in [0.1, 0.15) is 0 Å². The van der Waals surface area contributed by atoms with Crippen LogP contribution in [0, 0.1) is 15.5 Å². The van der Waals surface area contributed by atoms with E-state index < -0.39 is 22.6 Å². The Labute approximate surface area is 115 Å². The van der Waals surface area contributed by atoms with Crippen LogP contribution >= 0.6 is 11.8 Å². The summed E-state index contributed by atoms with van der Waals surface area (Å²) in [6.45, 7) is 0. The predicted octanol–water partition coefficient (Wildman–Crippen LogP) is 2.98. The van der Waals surface area contributed by atoms with E-state index in [2.05, 4.69) is 0 Å². The number of nitrogens with one attached hydrogen (secondary N) is 1. The summed E-state index contributed by atoms with van der Waals surface area (Å²) in [5.74, 6) is -2.73. The molecule has 0 spiro atoms. The van der Waals surface area contributed by atoms with Crippen molar-refractivity contribution < 1.29 is 22.9 Å². The van der Waals surface area contributed by atoms with Crippen LogP contribution in [0.25, 0.3) is 0 Å². The Hall–Kier alpha value is -1.90. The Kier molecular flexibility index (Phi) is 5.26. The molecule has 0 heterocycles. The van der Waals surface area contributed by atoms with Gasteiger partial charge < -0.3 is 0 Å². The predicted molar refractivity (Wildman–Crippen MR) is 68.0 cm³/mol. The molecular weight excluding hydrogens is 297 g/mol. The Balaban J connectivity index is 2.51. The highest BCUT2D eigenvalue weighted by atomic mass is 32.2. The first-order valence-corrected chi connectivity index (χ1v) is 6.22. The molecule has 0 aromatic heterocycles. The molecule has 0 aliphatic heterocycles. The fourth-order valence-corrected chi connectivity index (χ4v) is 1.94. The number of Topliss-reactive ketones (excluding diaryl/α,β-unsaturated/α-hetero) is 1. The van der Waals surface area contributed by atoms with Crippen molar-refractivity contribution in [2.75, 3.05) is 5.75 Å². The topological polar surface area (TPSA) is 84.1 Å². The summed E-state index contributed by atoms with van der Waals surface area (Å²) in [6, 6.07) is 5.32. The van der Waals surface area contributed by atoms with Gasteiger partial charge in [-0.2, -0.15) is 13.2 Å². The molecule has 0 bridgehead atoms. The van der Waals surface area contributed by atoms with E-state index >= 15 is 0 Å². The van der Waals surface area contributed by atoms with Crippen LogP contribution in [0.4, 0.5) is 18.9 Å². The van der Waals surface area contributed by atoms with E-state index in [1.54, 1.807) is 0 Å². The third-order valence-electron chi connectivity index (χ3n) is 2.21. The zero-order valence-electron chi connectivity index (χ0n) is 9.94. The van der Waals surface area contributed by atoms with Crippen molar-refractivity contribution in [2.24, 2.45) is 0 Å². The standard InChI is InChI=1S/C11H9F3N2O3S/c12-11(13,14)9(17)6-20-10(15)5-7-1-3-8(4-2-7)16(18)19/h1-4,15H,5-6H2. The number of thioether (sulfide) groups is 1. The van der Waals surface area contributed by atoms with Crippen LogP contribution in [0.3, 0.4) is 0 Å². The maximum atomic E-state index is 11.9. The number of carbonyl (C=O) groups is 1. The molecule has 1 aromatic carbocycles. The monoisotopic (exact) mass is 306 g/mol. The zero-order valence-corrected chi connectivity index (χ0v) is 10.8. The Morgan fingerprint density at radius 3 is 2.30 bits per heavy atom. The maximum absolute atomic E-state index is 11.9. The molecule has 0 aliphatic carbocycles. The number of hydrogen-bond donors (Lipinski definition) is 1. The number of non-ortho nitro benzene ring substituents is 1. The molecule has 0 radical (unpaired) electrons. The summed E-state index contributed by atoms with van der Waals surface area (Å²) in [5, 5.41) is 17.8. The lowest BCUT2D eigenvalue weighted by Crippen LogP contribution is -2.25. The number of carbonyl (C=O) groups excluding carboxylic acids is 1. The smallest absolute Gasteiger partial charge is 0.298 e. The highest BCUT2D eigenvalue weighted by Gasteiger charge is 2.37. The van der Waals surface area contributed by atoms with E-state index in [-0.39, 0.29) is 17.2 Å². The lowest BCUT2D eigenvalue weighted by molar-refractivity contribution is -0.384. The molecule has 5 nitrogen and oxygen atoms in total. The summed E-state index contributed by atoms with van der Waals surface area (Å²) in [6.07, 6.45) is -4.87. The Morgan fingerprint density at radius 2 is 1.85 bits per heavy atom.